The van der Waals surface area contributed by atoms with Crippen molar-refractivity contribution >= 4 is 0 Å². The number of hydrogen-bond acceptors (Lipinski definition) is 2. The second-order valence-electron chi connectivity index (χ2n) is 5.36. The quantitative estimate of drug-likeness (QED) is 0.837. The number of pyridine rings is 1. The van der Waals surface area contributed by atoms with Crippen molar-refractivity contribution in [1.29, 1.82) is 0 Å². The van der Waals surface area contributed by atoms with Crippen LogP contribution in [0, 0.1) is 0 Å². The van der Waals surface area contributed by atoms with Crippen molar-refractivity contribution in [1.82, 2.24) is 10.3 Å². The molecule has 2 rings (SSSR count). The van der Waals surface area contributed by atoms with Crippen molar-refractivity contribution in [2.75, 3.05) is 0 Å². The van der Waals surface area contributed by atoms with Gasteiger partial charge in [-0.2, -0.15) is 0 Å². The zero-order valence-electron chi connectivity index (χ0n) is 12.6. The van der Waals surface area contributed by atoms with Gasteiger partial charge in [0.1, 0.15) is 0 Å². The summed E-state index contributed by atoms with van der Waals surface area (Å²) in [5.74, 6) is 0. The Morgan fingerprint density at radius 1 is 1.00 bits per heavy atom. The molecule has 1 aromatic carbocycles. The minimum Gasteiger partial charge on any atom is -0.302 e. The van der Waals surface area contributed by atoms with Gasteiger partial charge in [-0.05, 0) is 43.5 Å². The first-order chi connectivity index (χ1) is 9.70. The van der Waals surface area contributed by atoms with E-state index in [0.29, 0.717) is 6.04 Å². The van der Waals surface area contributed by atoms with E-state index in [1.54, 1.807) is 0 Å². The fraction of sp³-hybridized carbons (Fsp3) is 0.389. The van der Waals surface area contributed by atoms with E-state index < -0.39 is 0 Å². The van der Waals surface area contributed by atoms with E-state index in [4.69, 9.17) is 0 Å². The number of aromatic nitrogens is 1. The van der Waals surface area contributed by atoms with Crippen molar-refractivity contribution in [2.45, 2.75) is 45.7 Å². The molecule has 0 aliphatic carbocycles. The summed E-state index contributed by atoms with van der Waals surface area (Å²) >= 11 is 0. The number of nitrogens with zero attached hydrogens (tertiary/aromatic N) is 1. The fourth-order valence-corrected chi connectivity index (χ4v) is 2.45. The van der Waals surface area contributed by atoms with E-state index >= 15 is 0 Å². The predicted molar refractivity (Wildman–Crippen MR) is 84.6 cm³/mol. The fourth-order valence-electron chi connectivity index (χ4n) is 2.45. The SMILES string of the molecule is CCCc1ccc(C(C)NC(C)c2ccccn2)cc1. The summed E-state index contributed by atoms with van der Waals surface area (Å²) in [5, 5.41) is 3.60. The lowest BCUT2D eigenvalue weighted by Crippen LogP contribution is -2.23. The first kappa shape index (κ1) is 14.7. The maximum Gasteiger partial charge on any atom is 0.0570 e. The minimum atomic E-state index is 0.251. The first-order valence-corrected chi connectivity index (χ1v) is 7.46. The van der Waals surface area contributed by atoms with Crippen LogP contribution in [0.25, 0.3) is 0 Å². The highest BCUT2D eigenvalue weighted by Crippen LogP contribution is 2.18. The van der Waals surface area contributed by atoms with Gasteiger partial charge in [-0.1, -0.05) is 43.7 Å². The number of aryl methyl sites for hydroxylation is 1. The summed E-state index contributed by atoms with van der Waals surface area (Å²) in [4.78, 5) is 4.40. The molecule has 2 nitrogen and oxygen atoms in total. The molecule has 2 atom stereocenters. The molecule has 0 saturated heterocycles. The summed E-state index contributed by atoms with van der Waals surface area (Å²) in [6, 6.07) is 15.6. The topological polar surface area (TPSA) is 24.9 Å². The van der Waals surface area contributed by atoms with Gasteiger partial charge in [0, 0.05) is 18.3 Å². The third-order valence-electron chi connectivity index (χ3n) is 3.65. The Labute approximate surface area is 122 Å². The second-order valence-corrected chi connectivity index (χ2v) is 5.36. The van der Waals surface area contributed by atoms with Crippen molar-refractivity contribution < 1.29 is 0 Å². The minimum absolute atomic E-state index is 0.251. The number of nitrogens with one attached hydrogen (secondary N) is 1. The summed E-state index contributed by atoms with van der Waals surface area (Å²) in [5.41, 5.74) is 3.83. The molecule has 0 fully saturated rings. The Morgan fingerprint density at radius 2 is 1.75 bits per heavy atom. The highest BCUT2D eigenvalue weighted by molar-refractivity contribution is 5.25. The van der Waals surface area contributed by atoms with E-state index in [-0.39, 0.29) is 6.04 Å². The number of benzene rings is 1. The predicted octanol–water partition coefficient (Wildman–Crippen LogP) is 4.45. The Morgan fingerprint density at radius 3 is 2.35 bits per heavy atom. The van der Waals surface area contributed by atoms with Crippen LogP contribution in [0.4, 0.5) is 0 Å². The van der Waals surface area contributed by atoms with Gasteiger partial charge in [0.15, 0.2) is 0 Å². The molecule has 0 spiro atoms. The molecule has 1 aromatic heterocycles. The Balaban J connectivity index is 1.99. The maximum atomic E-state index is 4.40. The molecule has 0 bridgehead atoms. The molecule has 20 heavy (non-hydrogen) atoms. The van der Waals surface area contributed by atoms with Gasteiger partial charge in [0.2, 0.25) is 0 Å². The normalized spacial score (nSPS) is 13.9. The van der Waals surface area contributed by atoms with Crippen molar-refractivity contribution in [2.24, 2.45) is 0 Å². The standard InChI is InChI=1S/C18H24N2/c1-4-7-16-9-11-17(12-10-16)14(2)20-15(3)18-8-5-6-13-19-18/h5-6,8-15,20H,4,7H2,1-3H3. The van der Waals surface area contributed by atoms with E-state index in [2.05, 4.69) is 61.4 Å². The van der Waals surface area contributed by atoms with Crippen molar-refractivity contribution in [3.63, 3.8) is 0 Å². The third-order valence-corrected chi connectivity index (χ3v) is 3.65. The second kappa shape index (κ2) is 7.20. The molecule has 0 amide bonds. The van der Waals surface area contributed by atoms with Crippen LogP contribution in [-0.2, 0) is 6.42 Å². The molecule has 2 unspecified atom stereocenters. The molecule has 1 heterocycles. The van der Waals surface area contributed by atoms with E-state index in [1.165, 1.54) is 17.5 Å². The van der Waals surface area contributed by atoms with E-state index in [9.17, 15) is 0 Å². The zero-order chi connectivity index (χ0) is 14.4. The Hall–Kier alpha value is -1.67. The summed E-state index contributed by atoms with van der Waals surface area (Å²) < 4.78 is 0. The molecule has 0 aliphatic rings. The number of hydrogen-bond donors (Lipinski definition) is 1. The van der Waals surface area contributed by atoms with Crippen LogP contribution in [-0.4, -0.2) is 4.98 Å². The van der Waals surface area contributed by atoms with Gasteiger partial charge in [0.05, 0.1) is 5.69 Å². The smallest absolute Gasteiger partial charge is 0.0570 e. The number of rotatable bonds is 6. The average Bonchev–Trinajstić information content (AvgIpc) is 2.49. The first-order valence-electron chi connectivity index (χ1n) is 7.46. The third kappa shape index (κ3) is 3.91. The van der Waals surface area contributed by atoms with E-state index in [1.807, 2.05) is 18.3 Å². The lowest BCUT2D eigenvalue weighted by molar-refractivity contribution is 0.486. The van der Waals surface area contributed by atoms with Crippen LogP contribution in [0.3, 0.4) is 0 Å². The van der Waals surface area contributed by atoms with Crippen LogP contribution in [0.5, 0.6) is 0 Å². The van der Waals surface area contributed by atoms with Crippen molar-refractivity contribution in [3.05, 3.63) is 65.5 Å². The van der Waals surface area contributed by atoms with Crippen LogP contribution < -0.4 is 5.32 Å². The Kier molecular flexibility index (Phi) is 5.31. The summed E-state index contributed by atoms with van der Waals surface area (Å²) in [6.07, 6.45) is 4.20. The zero-order valence-corrected chi connectivity index (χ0v) is 12.6. The molecule has 1 N–H and O–H groups in total. The van der Waals surface area contributed by atoms with Crippen LogP contribution in [0.15, 0.2) is 48.7 Å². The lowest BCUT2D eigenvalue weighted by atomic mass is 10.0. The molecule has 2 aromatic rings. The molecule has 0 radical (unpaired) electrons. The molecule has 106 valence electrons. The Bertz CT molecular complexity index is 505. The summed E-state index contributed by atoms with van der Waals surface area (Å²) in [7, 11) is 0. The van der Waals surface area contributed by atoms with Crippen molar-refractivity contribution in [3.8, 4) is 0 Å². The van der Waals surface area contributed by atoms with Crippen LogP contribution in [0.2, 0.25) is 0 Å². The van der Waals surface area contributed by atoms with Gasteiger partial charge in [-0.15, -0.1) is 0 Å². The molecule has 0 saturated carbocycles. The van der Waals surface area contributed by atoms with Gasteiger partial charge in [-0.25, -0.2) is 0 Å². The van der Waals surface area contributed by atoms with Crippen LogP contribution >= 0.6 is 0 Å². The highest BCUT2D eigenvalue weighted by Gasteiger charge is 2.11. The molecule has 2 heteroatoms. The largest absolute Gasteiger partial charge is 0.302 e. The summed E-state index contributed by atoms with van der Waals surface area (Å²) in [6.45, 7) is 6.57. The van der Waals surface area contributed by atoms with Gasteiger partial charge < -0.3 is 5.32 Å². The van der Waals surface area contributed by atoms with Crippen LogP contribution in [0.1, 0.15) is 56.1 Å². The average molecular weight is 268 g/mol. The van der Waals surface area contributed by atoms with E-state index in [0.717, 1.165) is 12.1 Å². The lowest BCUT2D eigenvalue weighted by Gasteiger charge is -2.20. The highest BCUT2D eigenvalue weighted by atomic mass is 15.0. The maximum absolute atomic E-state index is 4.40. The van der Waals surface area contributed by atoms with Gasteiger partial charge in [0.25, 0.3) is 0 Å². The molecular weight excluding hydrogens is 244 g/mol. The molecule has 0 aliphatic heterocycles. The van der Waals surface area contributed by atoms with Gasteiger partial charge in [-0.3, -0.25) is 4.98 Å². The monoisotopic (exact) mass is 268 g/mol. The molecular formula is C18H24N2. The van der Waals surface area contributed by atoms with Gasteiger partial charge >= 0.3 is 0 Å².